The molecule has 2 atom stereocenters. The van der Waals surface area contributed by atoms with Crippen molar-refractivity contribution in [2.24, 2.45) is 5.92 Å². The fourth-order valence-electron chi connectivity index (χ4n) is 6.41. The summed E-state index contributed by atoms with van der Waals surface area (Å²) < 4.78 is 22.2. The number of esters is 1. The summed E-state index contributed by atoms with van der Waals surface area (Å²) in [6.45, 7) is 7.92. The van der Waals surface area contributed by atoms with E-state index in [1.165, 1.54) is 24.3 Å². The number of hydrogen-bond acceptors (Lipinski definition) is 5. The Morgan fingerprint density at radius 2 is 1.90 bits per heavy atom. The van der Waals surface area contributed by atoms with Crippen molar-refractivity contribution in [3.05, 3.63) is 88.4 Å². The van der Waals surface area contributed by atoms with E-state index in [-0.39, 0.29) is 29.7 Å². The van der Waals surface area contributed by atoms with Crippen LogP contribution in [0.4, 0.5) is 10.1 Å². The zero-order valence-corrected chi connectivity index (χ0v) is 24.0. The quantitative estimate of drug-likeness (QED) is 0.293. The molecule has 1 amide bonds. The normalized spacial score (nSPS) is 18.6. The molecule has 4 aromatic rings. The number of halogens is 1. The third-order valence-electron chi connectivity index (χ3n) is 8.85. The molecule has 4 heterocycles. The monoisotopic (exact) mass is 554 g/mol. The molecule has 0 aliphatic carbocycles. The molecule has 2 aromatic heterocycles. The number of carbonyl (C=O) groups is 2. The van der Waals surface area contributed by atoms with Gasteiger partial charge in [-0.1, -0.05) is 31.2 Å². The Kier molecular flexibility index (Phi) is 7.01. The van der Waals surface area contributed by atoms with Crippen molar-refractivity contribution in [2.75, 3.05) is 31.6 Å². The van der Waals surface area contributed by atoms with Gasteiger partial charge in [0.05, 0.1) is 30.3 Å². The molecular weight excluding hydrogens is 519 g/mol. The lowest BCUT2D eigenvalue weighted by atomic mass is 9.92. The number of aryl methyl sites for hydroxylation is 2. The van der Waals surface area contributed by atoms with Gasteiger partial charge in [0, 0.05) is 42.1 Å². The largest absolute Gasteiger partial charge is 0.469 e. The molecular formula is C33H35FN4O3. The van der Waals surface area contributed by atoms with E-state index in [1.54, 1.807) is 6.07 Å². The highest BCUT2D eigenvalue weighted by molar-refractivity contribution is 5.98. The van der Waals surface area contributed by atoms with Crippen LogP contribution in [0.2, 0.25) is 0 Å². The van der Waals surface area contributed by atoms with Gasteiger partial charge in [0.2, 0.25) is 0 Å². The molecule has 2 aliphatic rings. The van der Waals surface area contributed by atoms with Gasteiger partial charge >= 0.3 is 5.97 Å². The second-order valence-electron chi connectivity index (χ2n) is 11.1. The Morgan fingerprint density at radius 3 is 2.66 bits per heavy atom. The Labute approximate surface area is 239 Å². The van der Waals surface area contributed by atoms with Crippen molar-refractivity contribution in [3.63, 3.8) is 0 Å². The average Bonchev–Trinajstić information content (AvgIpc) is 3.66. The first-order chi connectivity index (χ1) is 19.8. The number of pyridine rings is 1. The van der Waals surface area contributed by atoms with Gasteiger partial charge in [-0.3, -0.25) is 9.59 Å². The fraction of sp³-hybridized carbons (Fsp3) is 0.364. The van der Waals surface area contributed by atoms with E-state index in [9.17, 15) is 9.59 Å². The molecule has 1 saturated heterocycles. The summed E-state index contributed by atoms with van der Waals surface area (Å²) >= 11 is 0. The number of hydrogen-bond donors (Lipinski definition) is 0. The van der Waals surface area contributed by atoms with Crippen molar-refractivity contribution in [2.45, 2.75) is 46.1 Å². The predicted octanol–water partition coefficient (Wildman–Crippen LogP) is 5.77. The molecule has 0 saturated carbocycles. The summed E-state index contributed by atoms with van der Waals surface area (Å²) in [5.74, 6) is -0.791. The number of anilines is 1. The van der Waals surface area contributed by atoms with Gasteiger partial charge < -0.3 is 14.5 Å². The number of aromatic nitrogens is 2. The number of methoxy groups -OCH3 is 1. The Hall–Kier alpha value is -4.20. The van der Waals surface area contributed by atoms with Crippen LogP contribution < -0.4 is 4.90 Å². The van der Waals surface area contributed by atoms with Gasteiger partial charge in [0.1, 0.15) is 5.82 Å². The van der Waals surface area contributed by atoms with Crippen molar-refractivity contribution in [1.29, 1.82) is 0 Å². The summed E-state index contributed by atoms with van der Waals surface area (Å²) in [5, 5.41) is 4.78. The molecule has 6 rings (SSSR count). The van der Waals surface area contributed by atoms with Gasteiger partial charge in [-0.25, -0.2) is 8.91 Å². The van der Waals surface area contributed by atoms with Crippen molar-refractivity contribution < 1.29 is 18.7 Å². The van der Waals surface area contributed by atoms with Crippen LogP contribution >= 0.6 is 0 Å². The number of rotatable bonds is 5. The Balaban J connectivity index is 1.32. The minimum Gasteiger partial charge on any atom is -0.469 e. The predicted molar refractivity (Wildman–Crippen MR) is 157 cm³/mol. The van der Waals surface area contributed by atoms with Crippen LogP contribution in [0.3, 0.4) is 0 Å². The van der Waals surface area contributed by atoms with E-state index in [2.05, 4.69) is 25.1 Å². The average molecular weight is 555 g/mol. The Bertz CT molecular complexity index is 1660. The number of amides is 1. The van der Waals surface area contributed by atoms with Gasteiger partial charge in [0.25, 0.3) is 5.91 Å². The number of carbonyl (C=O) groups excluding carboxylic acids is 2. The fourth-order valence-corrected chi connectivity index (χ4v) is 6.41. The number of ether oxygens (including phenoxy) is 1. The standard InChI is InChI=1S/C33H35FN4O3/c1-5-24-16-28(32(39)37-15-13-22-8-6-7-9-26(22)21(37)3)20(2)31-18-30(35-38(24)31)27-11-10-25(17-29(27)34)36-14-12-23(19-36)33(40)41-4/h6-11,16-18,21,23H,5,12-15,19H2,1-4H3/t21-,23+/m1/s1. The first kappa shape index (κ1) is 27.0. The van der Waals surface area contributed by atoms with Gasteiger partial charge in [-0.2, -0.15) is 5.10 Å². The highest BCUT2D eigenvalue weighted by atomic mass is 19.1. The van der Waals surface area contributed by atoms with Crippen LogP contribution in [0.15, 0.2) is 54.6 Å². The molecule has 0 radical (unpaired) electrons. The SMILES string of the molecule is CCc1cc(C(=O)N2CCc3ccccc3[C@H]2C)c(C)c2cc(-c3ccc(N4CC[C@H](C(=O)OC)C4)cc3F)nn12. The molecule has 0 bridgehead atoms. The van der Waals surface area contributed by atoms with Gasteiger partial charge in [0.15, 0.2) is 0 Å². The lowest BCUT2D eigenvalue weighted by Gasteiger charge is -2.35. The van der Waals surface area contributed by atoms with Crippen molar-refractivity contribution in [3.8, 4) is 11.3 Å². The lowest BCUT2D eigenvalue weighted by molar-refractivity contribution is -0.144. The zero-order valence-electron chi connectivity index (χ0n) is 24.0. The topological polar surface area (TPSA) is 67.2 Å². The summed E-state index contributed by atoms with van der Waals surface area (Å²) in [4.78, 5) is 29.8. The molecule has 2 aliphatic heterocycles. The molecule has 2 aromatic carbocycles. The lowest BCUT2D eigenvalue weighted by Crippen LogP contribution is -2.39. The summed E-state index contributed by atoms with van der Waals surface area (Å²) in [7, 11) is 1.39. The van der Waals surface area contributed by atoms with E-state index in [1.807, 2.05) is 52.4 Å². The van der Waals surface area contributed by atoms with Crippen molar-refractivity contribution in [1.82, 2.24) is 14.5 Å². The van der Waals surface area contributed by atoms with Crippen LogP contribution in [0, 0.1) is 18.7 Å². The number of benzene rings is 2. The Morgan fingerprint density at radius 1 is 1.10 bits per heavy atom. The van der Waals surface area contributed by atoms with E-state index >= 15 is 4.39 Å². The molecule has 41 heavy (non-hydrogen) atoms. The number of nitrogens with zero attached hydrogens (tertiary/aromatic N) is 4. The van der Waals surface area contributed by atoms with Crippen LogP contribution in [-0.4, -0.2) is 53.1 Å². The molecule has 212 valence electrons. The van der Waals surface area contributed by atoms with Crippen LogP contribution in [0.5, 0.6) is 0 Å². The molecule has 0 N–H and O–H groups in total. The minimum absolute atomic E-state index is 0.0101. The van der Waals surface area contributed by atoms with E-state index < -0.39 is 0 Å². The van der Waals surface area contributed by atoms with E-state index in [0.717, 1.165) is 28.9 Å². The zero-order chi connectivity index (χ0) is 28.8. The highest BCUT2D eigenvalue weighted by Gasteiger charge is 2.31. The van der Waals surface area contributed by atoms with Crippen LogP contribution in [0.25, 0.3) is 16.8 Å². The number of fused-ring (bicyclic) bond motifs is 2. The minimum atomic E-state index is -0.375. The van der Waals surface area contributed by atoms with E-state index in [4.69, 9.17) is 9.84 Å². The summed E-state index contributed by atoms with van der Waals surface area (Å²) in [6.07, 6.45) is 2.20. The first-order valence-electron chi connectivity index (χ1n) is 14.3. The van der Waals surface area contributed by atoms with Crippen molar-refractivity contribution >= 4 is 23.1 Å². The van der Waals surface area contributed by atoms with Crippen LogP contribution in [-0.2, 0) is 22.4 Å². The molecule has 8 heteroatoms. The third-order valence-corrected chi connectivity index (χ3v) is 8.85. The maximum absolute atomic E-state index is 15.5. The molecule has 7 nitrogen and oxygen atoms in total. The maximum atomic E-state index is 15.5. The second kappa shape index (κ2) is 10.7. The molecule has 1 fully saturated rings. The highest BCUT2D eigenvalue weighted by Crippen LogP contribution is 2.34. The molecule has 0 spiro atoms. The summed E-state index contributed by atoms with van der Waals surface area (Å²) in [5.41, 5.74) is 7.34. The van der Waals surface area contributed by atoms with Gasteiger partial charge in [-0.15, -0.1) is 0 Å². The third kappa shape index (κ3) is 4.65. The van der Waals surface area contributed by atoms with Gasteiger partial charge in [-0.05, 0) is 80.1 Å². The van der Waals surface area contributed by atoms with Crippen LogP contribution in [0.1, 0.15) is 59.1 Å². The molecule has 0 unspecified atom stereocenters. The van der Waals surface area contributed by atoms with E-state index in [0.29, 0.717) is 49.3 Å². The maximum Gasteiger partial charge on any atom is 0.310 e. The second-order valence-corrected chi connectivity index (χ2v) is 11.1. The first-order valence-corrected chi connectivity index (χ1v) is 14.3. The summed E-state index contributed by atoms with van der Waals surface area (Å²) in [6, 6.07) is 17.3. The smallest absolute Gasteiger partial charge is 0.310 e.